The first kappa shape index (κ1) is 10.6. The highest BCUT2D eigenvalue weighted by Gasteiger charge is 2.12. The summed E-state index contributed by atoms with van der Waals surface area (Å²) < 4.78 is 0. The molecule has 1 rings (SSSR count). The van der Waals surface area contributed by atoms with Crippen molar-refractivity contribution in [3.05, 3.63) is 0 Å². The molecule has 0 aromatic rings. The Morgan fingerprint density at radius 2 is 2.38 bits per heavy atom. The molecule has 1 unspecified atom stereocenters. The maximum atomic E-state index is 3.49. The van der Waals surface area contributed by atoms with Gasteiger partial charge in [0.05, 0.1) is 0 Å². The molecule has 0 spiro atoms. The van der Waals surface area contributed by atoms with E-state index in [1.54, 1.807) is 0 Å². The van der Waals surface area contributed by atoms with Gasteiger partial charge in [0.1, 0.15) is 0 Å². The van der Waals surface area contributed by atoms with Crippen molar-refractivity contribution in [2.75, 3.05) is 26.2 Å². The van der Waals surface area contributed by atoms with Crippen LogP contribution >= 0.6 is 0 Å². The summed E-state index contributed by atoms with van der Waals surface area (Å²) in [6.45, 7) is 8.86. The van der Waals surface area contributed by atoms with Gasteiger partial charge in [0.15, 0.2) is 0 Å². The first-order valence-corrected chi connectivity index (χ1v) is 5.18. The molecule has 1 heterocycles. The van der Waals surface area contributed by atoms with Crippen molar-refractivity contribution in [1.29, 1.82) is 0 Å². The van der Waals surface area contributed by atoms with Crippen LogP contribution in [0.1, 0.15) is 26.7 Å². The van der Waals surface area contributed by atoms with Crippen molar-refractivity contribution in [3.63, 3.8) is 0 Å². The van der Waals surface area contributed by atoms with Gasteiger partial charge in [-0.1, -0.05) is 0 Å². The topological polar surface area (TPSA) is 15.3 Å². The average molecular weight is 180 g/mol. The Bertz CT molecular complexity index is 190. The normalized spacial score (nSPS) is 24.6. The van der Waals surface area contributed by atoms with Gasteiger partial charge in [-0.05, 0) is 33.4 Å². The molecular weight excluding hydrogens is 160 g/mol. The van der Waals surface area contributed by atoms with Crippen molar-refractivity contribution in [2.45, 2.75) is 32.7 Å². The zero-order chi connectivity index (χ0) is 9.52. The summed E-state index contributed by atoms with van der Waals surface area (Å²) in [4.78, 5) is 2.51. The fourth-order valence-electron chi connectivity index (χ4n) is 1.74. The van der Waals surface area contributed by atoms with Crippen LogP contribution in [0.25, 0.3) is 0 Å². The molecule has 0 aromatic heterocycles. The number of rotatable bonds is 2. The van der Waals surface area contributed by atoms with Gasteiger partial charge in [-0.25, -0.2) is 0 Å². The van der Waals surface area contributed by atoms with E-state index in [4.69, 9.17) is 0 Å². The third kappa shape index (κ3) is 4.31. The van der Waals surface area contributed by atoms with Crippen molar-refractivity contribution in [2.24, 2.45) is 0 Å². The van der Waals surface area contributed by atoms with E-state index < -0.39 is 0 Å². The lowest BCUT2D eigenvalue weighted by Crippen LogP contribution is -2.35. The minimum Gasteiger partial charge on any atom is -0.313 e. The Morgan fingerprint density at radius 3 is 3.15 bits per heavy atom. The van der Waals surface area contributed by atoms with Gasteiger partial charge in [0.2, 0.25) is 0 Å². The molecule has 0 aliphatic carbocycles. The molecule has 1 aliphatic heterocycles. The minimum absolute atomic E-state index is 0.636. The third-order valence-corrected chi connectivity index (χ3v) is 2.41. The van der Waals surface area contributed by atoms with Crippen molar-refractivity contribution in [3.8, 4) is 11.8 Å². The van der Waals surface area contributed by atoms with Crippen molar-refractivity contribution >= 4 is 0 Å². The Kier molecular flexibility index (Phi) is 4.88. The maximum absolute atomic E-state index is 3.49. The highest BCUT2D eigenvalue weighted by atomic mass is 15.2. The Morgan fingerprint density at radius 1 is 1.54 bits per heavy atom. The molecule has 1 fully saturated rings. The molecule has 0 amide bonds. The molecule has 13 heavy (non-hydrogen) atoms. The second kappa shape index (κ2) is 6.01. The Balaban J connectivity index is 2.25. The Labute approximate surface area is 81.7 Å². The predicted molar refractivity (Wildman–Crippen MR) is 56.6 cm³/mol. The van der Waals surface area contributed by atoms with E-state index in [2.05, 4.69) is 29.0 Å². The van der Waals surface area contributed by atoms with E-state index in [-0.39, 0.29) is 0 Å². The molecule has 1 atom stereocenters. The van der Waals surface area contributed by atoms with Crippen LogP contribution in [0.2, 0.25) is 0 Å². The molecule has 0 aromatic carbocycles. The summed E-state index contributed by atoms with van der Waals surface area (Å²) in [5.74, 6) is 6.06. The van der Waals surface area contributed by atoms with E-state index in [9.17, 15) is 0 Å². The van der Waals surface area contributed by atoms with Gasteiger partial charge >= 0.3 is 0 Å². The third-order valence-electron chi connectivity index (χ3n) is 2.41. The molecule has 0 radical (unpaired) electrons. The van der Waals surface area contributed by atoms with Gasteiger partial charge in [-0.2, -0.15) is 0 Å². The zero-order valence-electron chi connectivity index (χ0n) is 8.77. The zero-order valence-corrected chi connectivity index (χ0v) is 8.77. The average Bonchev–Trinajstić information content (AvgIpc) is 2.31. The molecule has 1 aliphatic rings. The number of nitrogens with one attached hydrogen (secondary N) is 1. The first-order chi connectivity index (χ1) is 6.33. The lowest BCUT2D eigenvalue weighted by Gasteiger charge is -2.20. The van der Waals surface area contributed by atoms with Gasteiger partial charge in [-0.3, -0.25) is 0 Å². The number of hydrogen-bond acceptors (Lipinski definition) is 2. The van der Waals surface area contributed by atoms with Crippen LogP contribution in [0.15, 0.2) is 0 Å². The van der Waals surface area contributed by atoms with Gasteiger partial charge in [0, 0.05) is 25.6 Å². The molecule has 2 nitrogen and oxygen atoms in total. The Hall–Kier alpha value is -0.520. The van der Waals surface area contributed by atoms with Crippen LogP contribution in [0, 0.1) is 11.8 Å². The van der Waals surface area contributed by atoms with Crippen molar-refractivity contribution < 1.29 is 0 Å². The molecule has 1 N–H and O–H groups in total. The smallest absolute Gasteiger partial charge is 0.0216 e. The monoisotopic (exact) mass is 180 g/mol. The van der Waals surface area contributed by atoms with Crippen LogP contribution in [0.5, 0.6) is 0 Å². The molecular formula is C11H20N2. The SMILES string of the molecule is CC#CCCN1CCCNC(C)C1. The molecule has 74 valence electrons. The molecule has 0 bridgehead atoms. The standard InChI is InChI=1S/C11H20N2/c1-3-4-5-8-13-9-6-7-12-11(2)10-13/h11-12H,5-10H2,1-2H3. The minimum atomic E-state index is 0.636. The fourth-order valence-corrected chi connectivity index (χ4v) is 1.74. The highest BCUT2D eigenvalue weighted by Crippen LogP contribution is 2.00. The van der Waals surface area contributed by atoms with Gasteiger partial charge in [-0.15, -0.1) is 11.8 Å². The van der Waals surface area contributed by atoms with Crippen LogP contribution in [-0.2, 0) is 0 Å². The molecule has 2 heteroatoms. The van der Waals surface area contributed by atoms with Crippen LogP contribution < -0.4 is 5.32 Å². The molecule has 1 saturated heterocycles. The summed E-state index contributed by atoms with van der Waals surface area (Å²) in [5.41, 5.74) is 0. The lowest BCUT2D eigenvalue weighted by molar-refractivity contribution is 0.279. The van der Waals surface area contributed by atoms with Crippen molar-refractivity contribution in [1.82, 2.24) is 10.2 Å². The van der Waals surface area contributed by atoms with E-state index in [0.717, 1.165) is 19.5 Å². The first-order valence-electron chi connectivity index (χ1n) is 5.18. The fraction of sp³-hybridized carbons (Fsp3) is 0.818. The van der Waals surface area contributed by atoms with E-state index >= 15 is 0 Å². The second-order valence-corrected chi connectivity index (χ2v) is 3.69. The summed E-state index contributed by atoms with van der Waals surface area (Å²) in [6, 6.07) is 0.636. The van der Waals surface area contributed by atoms with Crippen LogP contribution in [0.3, 0.4) is 0 Å². The molecule has 0 saturated carbocycles. The second-order valence-electron chi connectivity index (χ2n) is 3.69. The van der Waals surface area contributed by atoms with E-state index in [0.29, 0.717) is 6.04 Å². The lowest BCUT2D eigenvalue weighted by atomic mass is 10.3. The largest absolute Gasteiger partial charge is 0.313 e. The summed E-state index contributed by atoms with van der Waals surface area (Å²) in [6.07, 6.45) is 2.28. The highest BCUT2D eigenvalue weighted by molar-refractivity contribution is 4.95. The van der Waals surface area contributed by atoms with Gasteiger partial charge < -0.3 is 10.2 Å². The maximum Gasteiger partial charge on any atom is 0.0216 e. The predicted octanol–water partition coefficient (Wildman–Crippen LogP) is 1.08. The van der Waals surface area contributed by atoms with Crippen LogP contribution in [0.4, 0.5) is 0 Å². The summed E-state index contributed by atoms with van der Waals surface area (Å²) in [5, 5.41) is 3.49. The summed E-state index contributed by atoms with van der Waals surface area (Å²) >= 11 is 0. The van der Waals surface area contributed by atoms with Crippen LogP contribution in [-0.4, -0.2) is 37.1 Å². The number of nitrogens with zero attached hydrogens (tertiary/aromatic N) is 1. The van der Waals surface area contributed by atoms with E-state index in [1.165, 1.54) is 19.5 Å². The number of hydrogen-bond donors (Lipinski definition) is 1. The summed E-state index contributed by atoms with van der Waals surface area (Å²) in [7, 11) is 0. The van der Waals surface area contributed by atoms with E-state index in [1.807, 2.05) is 6.92 Å². The van der Waals surface area contributed by atoms with Gasteiger partial charge in [0.25, 0.3) is 0 Å². The quantitative estimate of drug-likeness (QED) is 0.640.